The lowest BCUT2D eigenvalue weighted by Gasteiger charge is -1.69. The zero-order valence-corrected chi connectivity index (χ0v) is 5.80. The molecule has 0 spiro atoms. The second-order valence-corrected chi connectivity index (χ2v) is 1.80. The summed E-state index contributed by atoms with van der Waals surface area (Å²) in [4.78, 5) is 0. The van der Waals surface area contributed by atoms with Gasteiger partial charge in [0.25, 0.3) is 0 Å². The quantitative estimate of drug-likeness (QED) is 0.144. The summed E-state index contributed by atoms with van der Waals surface area (Å²) in [6, 6.07) is 0. The predicted octanol–water partition coefficient (Wildman–Crippen LogP) is -1.65. The lowest BCUT2D eigenvalue weighted by molar-refractivity contribution is 0.381. The SMILES string of the molecule is N.N=C(N)N.O=S(=O)(O)O. The number of rotatable bonds is 0. The van der Waals surface area contributed by atoms with Crippen molar-refractivity contribution in [3.05, 3.63) is 0 Å². The van der Waals surface area contributed by atoms with E-state index in [1.807, 2.05) is 0 Å². The van der Waals surface area contributed by atoms with Crippen molar-refractivity contribution in [2.75, 3.05) is 0 Å². The topological polar surface area (TPSA) is 185 Å². The molecule has 0 aliphatic rings. The predicted molar refractivity (Wildman–Crippen MR) is 35.3 cm³/mol. The molecule has 0 aliphatic heterocycles. The molecular weight excluding hydrogens is 164 g/mol. The standard InChI is InChI=1S/CH5N3.H3N.H2O4S/c2-1(3)4;;1-5(2,3)4/h(H5,2,3,4);1H3;(H2,1,2,3,4). The van der Waals surface area contributed by atoms with Crippen molar-refractivity contribution >= 4 is 16.4 Å². The van der Waals surface area contributed by atoms with Crippen LogP contribution >= 0.6 is 0 Å². The van der Waals surface area contributed by atoms with Gasteiger partial charge in [-0.2, -0.15) is 8.42 Å². The smallest absolute Gasteiger partial charge is 0.370 e. The van der Waals surface area contributed by atoms with Gasteiger partial charge in [0.05, 0.1) is 0 Å². The van der Waals surface area contributed by atoms with Gasteiger partial charge in [-0.25, -0.2) is 0 Å². The molecule has 0 unspecified atom stereocenters. The molecule has 0 atom stereocenters. The van der Waals surface area contributed by atoms with E-state index in [0.717, 1.165) is 0 Å². The van der Waals surface area contributed by atoms with Crippen LogP contribution in [0.1, 0.15) is 0 Å². The Bertz CT molecular complexity index is 160. The maximum atomic E-state index is 8.74. The molecule has 0 aromatic carbocycles. The first-order valence-corrected chi connectivity index (χ1v) is 2.92. The van der Waals surface area contributed by atoms with Crippen LogP contribution in [0.25, 0.3) is 0 Å². The number of nitrogens with two attached hydrogens (primary N) is 2. The van der Waals surface area contributed by atoms with Crippen LogP contribution in [0.2, 0.25) is 0 Å². The van der Waals surface area contributed by atoms with E-state index < -0.39 is 10.4 Å². The highest BCUT2D eigenvalue weighted by Crippen LogP contribution is 1.59. The van der Waals surface area contributed by atoms with Crippen LogP contribution in [0, 0.1) is 5.41 Å². The fraction of sp³-hybridized carbons (Fsp3) is 0. The average molecular weight is 174 g/mol. The molecule has 10 heavy (non-hydrogen) atoms. The van der Waals surface area contributed by atoms with E-state index in [9.17, 15) is 0 Å². The van der Waals surface area contributed by atoms with Crippen LogP contribution in [0.15, 0.2) is 0 Å². The number of nitrogens with one attached hydrogen (secondary N) is 1. The first kappa shape index (κ1) is 16.0. The van der Waals surface area contributed by atoms with E-state index in [0.29, 0.717) is 0 Å². The molecule has 0 aliphatic carbocycles. The second-order valence-electron chi connectivity index (χ2n) is 0.903. The van der Waals surface area contributed by atoms with Gasteiger partial charge in [-0.3, -0.25) is 14.5 Å². The van der Waals surface area contributed by atoms with Gasteiger partial charge in [0.1, 0.15) is 0 Å². The molecule has 8 nitrogen and oxygen atoms in total. The third kappa shape index (κ3) is 326. The van der Waals surface area contributed by atoms with Crippen LogP contribution < -0.4 is 17.6 Å². The highest BCUT2D eigenvalue weighted by atomic mass is 32.3. The van der Waals surface area contributed by atoms with E-state index in [1.54, 1.807) is 0 Å². The normalized spacial score (nSPS) is 8.20. The third-order valence-electron chi connectivity index (χ3n) is 0. The van der Waals surface area contributed by atoms with E-state index in [2.05, 4.69) is 11.5 Å². The zero-order valence-electron chi connectivity index (χ0n) is 4.98. The molecule has 0 aromatic heterocycles. The van der Waals surface area contributed by atoms with Crippen molar-refractivity contribution in [1.29, 1.82) is 5.41 Å². The Balaban J connectivity index is -0.0000000910. The third-order valence-corrected chi connectivity index (χ3v) is 0. The van der Waals surface area contributed by atoms with Gasteiger partial charge in [0.2, 0.25) is 0 Å². The minimum atomic E-state index is -4.67. The van der Waals surface area contributed by atoms with Crippen LogP contribution in [0.4, 0.5) is 0 Å². The number of guanidine groups is 1. The van der Waals surface area contributed by atoms with Gasteiger partial charge in [-0.05, 0) is 0 Å². The van der Waals surface area contributed by atoms with Crippen molar-refractivity contribution in [3.63, 3.8) is 0 Å². The molecule has 0 bridgehead atoms. The molecule has 0 rings (SSSR count). The molecule has 10 N–H and O–H groups in total. The van der Waals surface area contributed by atoms with Crippen molar-refractivity contribution < 1.29 is 17.5 Å². The highest BCUT2D eigenvalue weighted by Gasteiger charge is 1.84. The molecule has 0 aromatic rings. The molecule has 0 saturated carbocycles. The maximum Gasteiger partial charge on any atom is 0.394 e. The fourth-order valence-corrected chi connectivity index (χ4v) is 0. The molecule has 0 radical (unpaired) electrons. The summed E-state index contributed by atoms with van der Waals surface area (Å²) in [7, 11) is -4.67. The van der Waals surface area contributed by atoms with Crippen molar-refractivity contribution in [2.24, 2.45) is 11.5 Å². The number of hydrogen-bond acceptors (Lipinski definition) is 4. The number of hydrogen-bond donors (Lipinski definition) is 6. The summed E-state index contributed by atoms with van der Waals surface area (Å²) < 4.78 is 31.6. The Morgan fingerprint density at radius 1 is 1.30 bits per heavy atom. The summed E-state index contributed by atoms with van der Waals surface area (Å²) in [5.41, 5.74) is 8.94. The van der Waals surface area contributed by atoms with E-state index in [1.165, 1.54) is 0 Å². The molecule has 0 fully saturated rings. The Morgan fingerprint density at radius 2 is 1.30 bits per heavy atom. The van der Waals surface area contributed by atoms with Gasteiger partial charge in [-0.15, -0.1) is 0 Å². The molecule has 0 amide bonds. The highest BCUT2D eigenvalue weighted by molar-refractivity contribution is 7.79. The maximum absolute atomic E-state index is 8.74. The fourth-order valence-electron chi connectivity index (χ4n) is 0. The Labute approximate surface area is 57.9 Å². The molecule has 64 valence electrons. The second kappa shape index (κ2) is 6.22. The summed E-state index contributed by atoms with van der Waals surface area (Å²) in [6.07, 6.45) is 0. The average Bonchev–Trinajstić information content (AvgIpc) is 1.19. The lowest BCUT2D eigenvalue weighted by Crippen LogP contribution is -2.20. The van der Waals surface area contributed by atoms with Gasteiger partial charge in [0.15, 0.2) is 5.96 Å². The first-order valence-electron chi connectivity index (χ1n) is 1.53. The molecule has 0 heterocycles. The van der Waals surface area contributed by atoms with Crippen molar-refractivity contribution in [2.45, 2.75) is 0 Å². The molecule has 0 saturated heterocycles. The summed E-state index contributed by atoms with van der Waals surface area (Å²) in [5.74, 6) is -0.333. The summed E-state index contributed by atoms with van der Waals surface area (Å²) in [5, 5.41) is 6.06. The van der Waals surface area contributed by atoms with Gasteiger partial charge in [0, 0.05) is 0 Å². The Hall–Kier alpha value is -0.900. The van der Waals surface area contributed by atoms with E-state index >= 15 is 0 Å². The first-order chi connectivity index (χ1) is 3.73. The largest absolute Gasteiger partial charge is 0.394 e. The lowest BCUT2D eigenvalue weighted by atomic mass is 11.1. The van der Waals surface area contributed by atoms with Gasteiger partial charge in [-0.1, -0.05) is 0 Å². The van der Waals surface area contributed by atoms with Crippen LogP contribution in [0.3, 0.4) is 0 Å². The van der Waals surface area contributed by atoms with Crippen LogP contribution in [0.5, 0.6) is 0 Å². The van der Waals surface area contributed by atoms with Crippen molar-refractivity contribution in [3.8, 4) is 0 Å². The Kier molecular flexibility index (Phi) is 9.99. The van der Waals surface area contributed by atoms with Crippen LogP contribution in [-0.2, 0) is 10.4 Å². The summed E-state index contributed by atoms with van der Waals surface area (Å²) in [6.45, 7) is 0. The van der Waals surface area contributed by atoms with Gasteiger partial charge >= 0.3 is 10.4 Å². The molecular formula is CH10N4O4S. The van der Waals surface area contributed by atoms with Crippen molar-refractivity contribution in [1.82, 2.24) is 6.15 Å². The summed E-state index contributed by atoms with van der Waals surface area (Å²) >= 11 is 0. The zero-order chi connectivity index (χ0) is 8.08. The monoisotopic (exact) mass is 174 g/mol. The van der Waals surface area contributed by atoms with Crippen LogP contribution in [-0.4, -0.2) is 23.5 Å². The van der Waals surface area contributed by atoms with E-state index in [-0.39, 0.29) is 12.1 Å². The van der Waals surface area contributed by atoms with Gasteiger partial charge < -0.3 is 17.6 Å². The minimum absolute atomic E-state index is 0. The Morgan fingerprint density at radius 3 is 1.30 bits per heavy atom. The molecule has 9 heteroatoms. The minimum Gasteiger partial charge on any atom is -0.370 e. The van der Waals surface area contributed by atoms with E-state index in [4.69, 9.17) is 22.9 Å².